The molecule has 6 nitrogen and oxygen atoms in total. The van der Waals surface area contributed by atoms with Crippen LogP contribution in [0.25, 0.3) is 0 Å². The van der Waals surface area contributed by atoms with Gasteiger partial charge < -0.3 is 9.47 Å². The first-order valence-electron chi connectivity index (χ1n) is 6.49. The van der Waals surface area contributed by atoms with Gasteiger partial charge in [-0.3, -0.25) is 10.5 Å². The second-order valence-corrected chi connectivity index (χ2v) is 4.52. The molecule has 1 aliphatic heterocycles. The van der Waals surface area contributed by atoms with Gasteiger partial charge in [-0.25, -0.2) is 5.43 Å². The number of hydrogen-bond donors (Lipinski definition) is 2. The van der Waals surface area contributed by atoms with Crippen LogP contribution in [0.1, 0.15) is 37.9 Å². The third-order valence-electron chi connectivity index (χ3n) is 3.31. The van der Waals surface area contributed by atoms with E-state index in [1.807, 2.05) is 4.68 Å². The molecule has 3 N–H and O–H groups in total. The van der Waals surface area contributed by atoms with E-state index in [2.05, 4.69) is 17.4 Å². The first-order chi connectivity index (χ1) is 8.81. The Kier molecular flexibility index (Phi) is 4.57. The number of hydrogen-bond acceptors (Lipinski definition) is 5. The summed E-state index contributed by atoms with van der Waals surface area (Å²) < 4.78 is 13.1. The van der Waals surface area contributed by atoms with Crippen LogP contribution in [0, 0.1) is 0 Å². The van der Waals surface area contributed by atoms with Crippen molar-refractivity contribution in [2.24, 2.45) is 5.84 Å². The smallest absolute Gasteiger partial charge is 0.161 e. The SMILES string of the molecule is CCCn1ncc(OC)c1C(NN)C1CCCO1. The Morgan fingerprint density at radius 3 is 3.11 bits per heavy atom. The molecule has 1 saturated heterocycles. The van der Waals surface area contributed by atoms with E-state index in [0.717, 1.165) is 43.9 Å². The molecule has 0 aliphatic carbocycles. The molecule has 0 spiro atoms. The van der Waals surface area contributed by atoms with Crippen LogP contribution >= 0.6 is 0 Å². The molecule has 2 heterocycles. The van der Waals surface area contributed by atoms with Crippen molar-refractivity contribution in [2.75, 3.05) is 13.7 Å². The lowest BCUT2D eigenvalue weighted by atomic mass is 10.0. The van der Waals surface area contributed by atoms with Crippen LogP contribution in [0.5, 0.6) is 5.75 Å². The number of nitrogens with zero attached hydrogens (tertiary/aromatic N) is 2. The number of hydrazine groups is 1. The molecule has 1 aromatic rings. The van der Waals surface area contributed by atoms with Crippen molar-refractivity contribution >= 4 is 0 Å². The van der Waals surface area contributed by atoms with E-state index < -0.39 is 0 Å². The van der Waals surface area contributed by atoms with E-state index in [1.165, 1.54) is 0 Å². The molecule has 0 bridgehead atoms. The quantitative estimate of drug-likeness (QED) is 0.585. The summed E-state index contributed by atoms with van der Waals surface area (Å²) in [6.07, 6.45) is 4.93. The molecule has 102 valence electrons. The molecule has 0 radical (unpaired) electrons. The van der Waals surface area contributed by atoms with Crippen LogP contribution in [0.2, 0.25) is 0 Å². The topological polar surface area (TPSA) is 74.3 Å². The van der Waals surface area contributed by atoms with Crippen LogP contribution in [0.15, 0.2) is 6.20 Å². The highest BCUT2D eigenvalue weighted by Gasteiger charge is 2.31. The van der Waals surface area contributed by atoms with Crippen molar-refractivity contribution in [3.8, 4) is 5.75 Å². The predicted octanol–water partition coefficient (Wildman–Crippen LogP) is 0.985. The van der Waals surface area contributed by atoms with Crippen LogP contribution in [0.3, 0.4) is 0 Å². The van der Waals surface area contributed by atoms with E-state index >= 15 is 0 Å². The van der Waals surface area contributed by atoms with Gasteiger partial charge in [0, 0.05) is 13.2 Å². The molecule has 1 fully saturated rings. The summed E-state index contributed by atoms with van der Waals surface area (Å²) in [5, 5.41) is 4.36. The fourth-order valence-electron chi connectivity index (χ4n) is 2.47. The highest BCUT2D eigenvalue weighted by atomic mass is 16.5. The van der Waals surface area contributed by atoms with Crippen LogP contribution < -0.4 is 16.0 Å². The lowest BCUT2D eigenvalue weighted by molar-refractivity contribution is 0.0745. The maximum absolute atomic E-state index is 5.72. The van der Waals surface area contributed by atoms with Crippen molar-refractivity contribution in [3.63, 3.8) is 0 Å². The highest BCUT2D eigenvalue weighted by Crippen LogP contribution is 2.32. The maximum Gasteiger partial charge on any atom is 0.161 e. The van der Waals surface area contributed by atoms with Gasteiger partial charge in [0.25, 0.3) is 0 Å². The molecule has 18 heavy (non-hydrogen) atoms. The van der Waals surface area contributed by atoms with Gasteiger partial charge in [-0.05, 0) is 19.3 Å². The maximum atomic E-state index is 5.72. The van der Waals surface area contributed by atoms with E-state index in [9.17, 15) is 0 Å². The number of ether oxygens (including phenoxy) is 2. The second kappa shape index (κ2) is 6.17. The number of nitrogens with two attached hydrogens (primary N) is 1. The van der Waals surface area contributed by atoms with Crippen molar-refractivity contribution in [1.29, 1.82) is 0 Å². The number of aryl methyl sites for hydroxylation is 1. The zero-order chi connectivity index (χ0) is 13.0. The molecule has 2 rings (SSSR count). The average molecular weight is 254 g/mol. The Bertz CT molecular complexity index is 374. The number of methoxy groups -OCH3 is 1. The van der Waals surface area contributed by atoms with Crippen LogP contribution in [-0.4, -0.2) is 29.6 Å². The second-order valence-electron chi connectivity index (χ2n) is 4.52. The van der Waals surface area contributed by atoms with Gasteiger partial charge in [0.1, 0.15) is 5.69 Å². The summed E-state index contributed by atoms with van der Waals surface area (Å²) in [7, 11) is 1.65. The van der Waals surface area contributed by atoms with Crippen LogP contribution in [0.4, 0.5) is 0 Å². The molecule has 0 aromatic carbocycles. The fraction of sp³-hybridized carbons (Fsp3) is 0.750. The molecular formula is C12H22N4O2. The first kappa shape index (κ1) is 13.3. The van der Waals surface area contributed by atoms with Gasteiger partial charge in [0.15, 0.2) is 5.75 Å². The highest BCUT2D eigenvalue weighted by molar-refractivity contribution is 5.29. The monoisotopic (exact) mass is 254 g/mol. The number of nitrogens with one attached hydrogen (secondary N) is 1. The largest absolute Gasteiger partial charge is 0.493 e. The Morgan fingerprint density at radius 2 is 2.56 bits per heavy atom. The zero-order valence-electron chi connectivity index (χ0n) is 11.1. The molecule has 1 aromatic heterocycles. The van der Waals surface area contributed by atoms with Gasteiger partial charge in [0.2, 0.25) is 0 Å². The van der Waals surface area contributed by atoms with E-state index in [1.54, 1.807) is 13.3 Å². The summed E-state index contributed by atoms with van der Waals surface area (Å²) in [6, 6.07) is -0.0727. The zero-order valence-corrected chi connectivity index (χ0v) is 11.1. The molecule has 2 atom stereocenters. The van der Waals surface area contributed by atoms with Gasteiger partial charge in [-0.1, -0.05) is 6.92 Å². The Hall–Kier alpha value is -1.11. The van der Waals surface area contributed by atoms with E-state index in [0.29, 0.717) is 0 Å². The van der Waals surface area contributed by atoms with Crippen molar-refractivity contribution < 1.29 is 9.47 Å². The summed E-state index contributed by atoms with van der Waals surface area (Å²) in [5.74, 6) is 6.47. The van der Waals surface area contributed by atoms with Gasteiger partial charge in [0.05, 0.1) is 25.5 Å². The summed E-state index contributed by atoms with van der Waals surface area (Å²) in [6.45, 7) is 3.77. The van der Waals surface area contributed by atoms with Crippen molar-refractivity contribution in [1.82, 2.24) is 15.2 Å². The molecule has 6 heteroatoms. The van der Waals surface area contributed by atoms with Crippen molar-refractivity contribution in [2.45, 2.75) is 44.9 Å². The Labute approximate surface area is 107 Å². The minimum absolute atomic E-state index is 0.0727. The van der Waals surface area contributed by atoms with Gasteiger partial charge in [-0.2, -0.15) is 5.10 Å². The molecule has 2 unspecified atom stereocenters. The fourth-order valence-corrected chi connectivity index (χ4v) is 2.47. The standard InChI is InChI=1S/C12H22N4O2/c1-3-6-16-12(10(17-2)8-14-16)11(15-13)9-5-4-7-18-9/h8-9,11,15H,3-7,13H2,1-2H3. The molecule has 0 saturated carbocycles. The first-order valence-corrected chi connectivity index (χ1v) is 6.49. The lowest BCUT2D eigenvalue weighted by Gasteiger charge is -2.23. The van der Waals surface area contributed by atoms with Crippen molar-refractivity contribution in [3.05, 3.63) is 11.9 Å². The van der Waals surface area contributed by atoms with Gasteiger partial charge >= 0.3 is 0 Å². The van der Waals surface area contributed by atoms with E-state index in [4.69, 9.17) is 15.3 Å². The lowest BCUT2D eigenvalue weighted by Crippen LogP contribution is -2.38. The van der Waals surface area contributed by atoms with E-state index in [-0.39, 0.29) is 12.1 Å². The average Bonchev–Trinajstić information content (AvgIpc) is 3.02. The molecule has 0 amide bonds. The Balaban J connectivity index is 2.29. The summed E-state index contributed by atoms with van der Waals surface area (Å²) >= 11 is 0. The predicted molar refractivity (Wildman–Crippen MR) is 68.1 cm³/mol. The minimum Gasteiger partial charge on any atom is -0.493 e. The molecular weight excluding hydrogens is 232 g/mol. The third kappa shape index (κ3) is 2.50. The summed E-state index contributed by atoms with van der Waals surface area (Å²) in [4.78, 5) is 0. The summed E-state index contributed by atoms with van der Waals surface area (Å²) in [5.41, 5.74) is 3.83. The normalized spacial score (nSPS) is 21.2. The molecule has 1 aliphatic rings. The number of aromatic nitrogens is 2. The number of rotatable bonds is 6. The van der Waals surface area contributed by atoms with Crippen LogP contribution in [-0.2, 0) is 11.3 Å². The van der Waals surface area contributed by atoms with Gasteiger partial charge in [-0.15, -0.1) is 0 Å². The minimum atomic E-state index is -0.0727. The third-order valence-corrected chi connectivity index (χ3v) is 3.31. The Morgan fingerprint density at radius 1 is 1.72 bits per heavy atom.